The Bertz CT molecular complexity index is 1300. The summed E-state index contributed by atoms with van der Waals surface area (Å²) in [5.74, 6) is -4.40. The number of aryl methyl sites for hydroxylation is 1. The van der Waals surface area contributed by atoms with E-state index in [4.69, 9.17) is 4.74 Å². The molecule has 0 spiro atoms. The van der Waals surface area contributed by atoms with E-state index < -0.39 is 34.7 Å². The van der Waals surface area contributed by atoms with Gasteiger partial charge in [0.15, 0.2) is 17.4 Å². The first kappa shape index (κ1) is 25.0. The molecule has 7 nitrogen and oxygen atoms in total. The van der Waals surface area contributed by atoms with E-state index in [9.17, 15) is 27.1 Å². The second kappa shape index (κ2) is 9.14. The fraction of sp³-hybridized carbons (Fsp3) is 0.478. The van der Waals surface area contributed by atoms with Crippen LogP contribution in [0.2, 0.25) is 0 Å². The molecule has 0 saturated carbocycles. The summed E-state index contributed by atoms with van der Waals surface area (Å²) in [5.41, 5.74) is -2.52. The van der Waals surface area contributed by atoms with E-state index in [0.29, 0.717) is 18.5 Å². The Morgan fingerprint density at radius 3 is 2.63 bits per heavy atom. The van der Waals surface area contributed by atoms with E-state index in [1.54, 1.807) is 11.6 Å². The van der Waals surface area contributed by atoms with Crippen LogP contribution in [0.15, 0.2) is 12.3 Å². The van der Waals surface area contributed by atoms with E-state index in [1.165, 1.54) is 17.9 Å². The smallest absolute Gasteiger partial charge is 0.434 e. The lowest BCUT2D eigenvalue weighted by Crippen LogP contribution is -2.31. The van der Waals surface area contributed by atoms with E-state index in [2.05, 4.69) is 28.9 Å². The molecule has 0 aliphatic carbocycles. The van der Waals surface area contributed by atoms with Gasteiger partial charge in [0.25, 0.3) is 0 Å². The van der Waals surface area contributed by atoms with Gasteiger partial charge in [-0.1, -0.05) is 18.8 Å². The van der Waals surface area contributed by atoms with Crippen LogP contribution in [0.4, 0.5) is 27.9 Å². The highest BCUT2D eigenvalue weighted by Crippen LogP contribution is 2.41. The zero-order valence-corrected chi connectivity index (χ0v) is 19.6. The van der Waals surface area contributed by atoms with Crippen molar-refractivity contribution in [1.82, 2.24) is 19.7 Å². The quantitative estimate of drug-likeness (QED) is 0.317. The molecule has 0 amide bonds. The van der Waals surface area contributed by atoms with Gasteiger partial charge in [0, 0.05) is 31.4 Å². The molecule has 188 valence electrons. The first-order valence-corrected chi connectivity index (χ1v) is 11.1. The first-order valence-electron chi connectivity index (χ1n) is 11.1. The summed E-state index contributed by atoms with van der Waals surface area (Å²) in [6, 6.07) is 0.288. The predicted octanol–water partition coefficient (Wildman–Crippen LogP) is 4.83. The summed E-state index contributed by atoms with van der Waals surface area (Å²) in [6.07, 6.45) is 0.0394. The standard InChI is InChI=1S/C23H24F5N5O2/c1-11(2)16-7-12(5-6-35-16)10-32(3)22-29-9-14-19(31-33(4)21(14)30-22)13-8-15(23(26,27)28)18(25)20(34)17(13)24/h8-12,16H,5-7H2,1-4H3/p+1/b32-10-/t12?,16-/m0/s1. The number of phenolic OH excluding ortho intramolecular Hbond substituents is 1. The van der Waals surface area contributed by atoms with Crippen molar-refractivity contribution in [2.24, 2.45) is 18.9 Å². The molecular formula is C23H25F5N5O2+. The summed E-state index contributed by atoms with van der Waals surface area (Å²) in [5, 5.41) is 13.9. The highest BCUT2D eigenvalue weighted by molar-refractivity contribution is 5.91. The Morgan fingerprint density at radius 2 is 1.97 bits per heavy atom. The van der Waals surface area contributed by atoms with Gasteiger partial charge < -0.3 is 9.84 Å². The Hall–Kier alpha value is -3.15. The number of aromatic hydroxyl groups is 1. The predicted molar refractivity (Wildman–Crippen MR) is 118 cm³/mol. The molecule has 1 aliphatic heterocycles. The molecule has 35 heavy (non-hydrogen) atoms. The van der Waals surface area contributed by atoms with Gasteiger partial charge in [-0.15, -0.1) is 0 Å². The van der Waals surface area contributed by atoms with E-state index in [0.717, 1.165) is 12.8 Å². The Labute approximate surface area is 197 Å². The average molecular weight is 498 g/mol. The number of hydrogen-bond acceptors (Lipinski definition) is 5. The molecule has 1 N–H and O–H groups in total. The molecule has 0 radical (unpaired) electrons. The molecule has 1 aliphatic rings. The summed E-state index contributed by atoms with van der Waals surface area (Å²) in [6.45, 7) is 4.86. The van der Waals surface area contributed by atoms with Crippen molar-refractivity contribution in [2.45, 2.75) is 39.0 Å². The molecule has 0 bridgehead atoms. The second-order valence-electron chi connectivity index (χ2n) is 9.02. The van der Waals surface area contributed by atoms with Crippen LogP contribution in [0, 0.1) is 23.5 Å². The third kappa shape index (κ3) is 4.71. The zero-order chi connectivity index (χ0) is 25.7. The maximum absolute atomic E-state index is 14.6. The monoisotopic (exact) mass is 498 g/mol. The van der Waals surface area contributed by atoms with Crippen LogP contribution in [-0.2, 0) is 18.0 Å². The Kier molecular flexibility index (Phi) is 6.52. The number of aromatic nitrogens is 4. The molecule has 3 heterocycles. The fourth-order valence-electron chi connectivity index (χ4n) is 4.24. The number of benzene rings is 1. The van der Waals surface area contributed by atoms with Crippen molar-refractivity contribution >= 4 is 23.2 Å². The summed E-state index contributed by atoms with van der Waals surface area (Å²) >= 11 is 0. The number of alkyl halides is 3. The van der Waals surface area contributed by atoms with Gasteiger partial charge in [-0.2, -0.15) is 18.3 Å². The zero-order valence-electron chi connectivity index (χ0n) is 19.6. The average Bonchev–Trinajstić information content (AvgIpc) is 3.12. The van der Waals surface area contributed by atoms with Gasteiger partial charge in [0.2, 0.25) is 5.65 Å². The van der Waals surface area contributed by atoms with Gasteiger partial charge in [0.1, 0.15) is 11.9 Å². The number of rotatable bonds is 4. The van der Waals surface area contributed by atoms with Crippen molar-refractivity contribution < 1.29 is 36.4 Å². The normalized spacial score (nSPS) is 19.7. The number of phenols is 1. The van der Waals surface area contributed by atoms with E-state index in [-0.39, 0.29) is 34.8 Å². The Balaban J connectivity index is 1.74. The van der Waals surface area contributed by atoms with Crippen LogP contribution in [0.3, 0.4) is 0 Å². The van der Waals surface area contributed by atoms with Crippen LogP contribution < -0.4 is 0 Å². The van der Waals surface area contributed by atoms with E-state index >= 15 is 0 Å². The van der Waals surface area contributed by atoms with Gasteiger partial charge in [0.05, 0.1) is 24.1 Å². The number of ether oxygens (including phenoxy) is 1. The van der Waals surface area contributed by atoms with Crippen LogP contribution in [0.1, 0.15) is 32.3 Å². The Morgan fingerprint density at radius 1 is 1.26 bits per heavy atom. The van der Waals surface area contributed by atoms with Crippen LogP contribution >= 0.6 is 0 Å². The SMILES string of the molecule is CC(C)[C@@H]1CC(/C=[N+](/C)c2ncc3c(-c4cc(C(F)(F)F)c(F)c(O)c4F)nn(C)c3n2)CCO1. The highest BCUT2D eigenvalue weighted by atomic mass is 19.4. The molecule has 1 saturated heterocycles. The third-order valence-corrected chi connectivity index (χ3v) is 6.15. The highest BCUT2D eigenvalue weighted by Gasteiger charge is 2.38. The number of nitrogens with zero attached hydrogens (tertiary/aromatic N) is 5. The van der Waals surface area contributed by atoms with Crippen molar-refractivity contribution in [3.63, 3.8) is 0 Å². The second-order valence-corrected chi connectivity index (χ2v) is 9.02. The summed E-state index contributed by atoms with van der Waals surface area (Å²) in [4.78, 5) is 8.74. The minimum Gasteiger partial charge on any atom is -0.503 e. The lowest BCUT2D eigenvalue weighted by atomic mass is 9.91. The molecule has 1 unspecified atom stereocenters. The number of halogens is 5. The first-order chi connectivity index (χ1) is 16.4. The molecule has 2 aromatic heterocycles. The maximum Gasteiger partial charge on any atom is 0.434 e. The van der Waals surface area contributed by atoms with Crippen LogP contribution in [0.25, 0.3) is 22.3 Å². The third-order valence-electron chi connectivity index (χ3n) is 6.15. The van der Waals surface area contributed by atoms with Gasteiger partial charge in [-0.05, 0) is 29.8 Å². The summed E-state index contributed by atoms with van der Waals surface area (Å²) in [7, 11) is 3.27. The lowest BCUT2D eigenvalue weighted by Gasteiger charge is -2.30. The van der Waals surface area contributed by atoms with Crippen LogP contribution in [0.5, 0.6) is 5.75 Å². The summed E-state index contributed by atoms with van der Waals surface area (Å²) < 4.78 is 77.1. The molecule has 4 rings (SSSR count). The topological polar surface area (TPSA) is 76.1 Å². The minimum atomic E-state index is -5.14. The number of hydrogen-bond donors (Lipinski definition) is 1. The molecule has 12 heteroatoms. The molecule has 1 fully saturated rings. The van der Waals surface area contributed by atoms with E-state index in [1.807, 2.05) is 6.21 Å². The van der Waals surface area contributed by atoms with Crippen molar-refractivity contribution in [1.29, 1.82) is 0 Å². The van der Waals surface area contributed by atoms with Crippen molar-refractivity contribution in [3.8, 4) is 17.0 Å². The number of fused-ring (bicyclic) bond motifs is 1. The van der Waals surface area contributed by atoms with Gasteiger partial charge in [-0.25, -0.2) is 18.0 Å². The van der Waals surface area contributed by atoms with Crippen LogP contribution in [-0.4, -0.2) is 55.4 Å². The molecule has 2 atom stereocenters. The molecule has 3 aromatic rings. The van der Waals surface area contributed by atoms with Crippen molar-refractivity contribution in [2.75, 3.05) is 13.7 Å². The minimum absolute atomic E-state index is 0.147. The molecule has 1 aromatic carbocycles. The largest absolute Gasteiger partial charge is 0.503 e. The fourth-order valence-corrected chi connectivity index (χ4v) is 4.24. The van der Waals surface area contributed by atoms with Gasteiger partial charge in [-0.3, -0.25) is 0 Å². The van der Waals surface area contributed by atoms with Crippen molar-refractivity contribution in [3.05, 3.63) is 29.5 Å². The maximum atomic E-state index is 14.6. The lowest BCUT2D eigenvalue weighted by molar-refractivity contribution is -0.411. The molecular weight excluding hydrogens is 473 g/mol. The van der Waals surface area contributed by atoms with Gasteiger partial charge >= 0.3 is 12.1 Å².